The summed E-state index contributed by atoms with van der Waals surface area (Å²) in [6.07, 6.45) is 1.42. The maximum atomic E-state index is 12.0. The van der Waals surface area contributed by atoms with Crippen molar-refractivity contribution in [2.45, 2.75) is 13.5 Å². The van der Waals surface area contributed by atoms with Crippen LogP contribution in [0.25, 0.3) is 0 Å². The van der Waals surface area contributed by atoms with Gasteiger partial charge < -0.3 is 15.5 Å². The van der Waals surface area contributed by atoms with Gasteiger partial charge in [-0.05, 0) is 19.1 Å². The molecule has 19 heavy (non-hydrogen) atoms. The molecule has 1 heterocycles. The van der Waals surface area contributed by atoms with Gasteiger partial charge in [0.05, 0.1) is 24.2 Å². The second kappa shape index (κ2) is 5.49. The molecular weight excluding hydrogens is 244 g/mol. The molecule has 3 N–H and O–H groups in total. The van der Waals surface area contributed by atoms with Crippen molar-refractivity contribution < 1.29 is 15.0 Å². The van der Waals surface area contributed by atoms with E-state index in [4.69, 9.17) is 0 Å². The van der Waals surface area contributed by atoms with E-state index in [9.17, 15) is 15.0 Å². The molecule has 0 spiro atoms. The molecule has 0 saturated carbocycles. The van der Waals surface area contributed by atoms with Crippen molar-refractivity contribution in [1.29, 1.82) is 0 Å². The number of pyridine rings is 1. The number of carbonyl (C=O) groups excluding carboxylic acids is 1. The Hall–Kier alpha value is -2.40. The van der Waals surface area contributed by atoms with E-state index < -0.39 is 0 Å². The van der Waals surface area contributed by atoms with Crippen LogP contribution >= 0.6 is 0 Å². The number of nitrogens with zero attached hydrogens (tertiary/aromatic N) is 1. The highest BCUT2D eigenvalue weighted by Gasteiger charge is 2.13. The van der Waals surface area contributed by atoms with Crippen molar-refractivity contribution in [2.24, 2.45) is 0 Å². The number of anilines is 1. The van der Waals surface area contributed by atoms with Gasteiger partial charge in [0.15, 0.2) is 0 Å². The third-order valence-electron chi connectivity index (χ3n) is 2.78. The predicted molar refractivity (Wildman–Crippen MR) is 71.0 cm³/mol. The molecule has 0 radical (unpaired) electrons. The number of aliphatic hydroxyl groups excluding tert-OH is 1. The van der Waals surface area contributed by atoms with Gasteiger partial charge in [-0.25, -0.2) is 0 Å². The van der Waals surface area contributed by atoms with Crippen LogP contribution in [0.1, 0.15) is 21.6 Å². The first-order valence-electron chi connectivity index (χ1n) is 5.78. The fourth-order valence-corrected chi connectivity index (χ4v) is 1.70. The lowest BCUT2D eigenvalue weighted by atomic mass is 10.1. The molecule has 2 aromatic rings. The van der Waals surface area contributed by atoms with Gasteiger partial charge in [0.1, 0.15) is 5.75 Å². The molecule has 2 rings (SSSR count). The Morgan fingerprint density at radius 3 is 2.63 bits per heavy atom. The molecule has 0 aliphatic carbocycles. The lowest BCUT2D eigenvalue weighted by Crippen LogP contribution is -2.13. The lowest BCUT2D eigenvalue weighted by molar-refractivity contribution is 0.102. The van der Waals surface area contributed by atoms with Crippen molar-refractivity contribution in [1.82, 2.24) is 4.98 Å². The molecule has 0 aliphatic heterocycles. The van der Waals surface area contributed by atoms with Crippen LogP contribution in [0.3, 0.4) is 0 Å². The van der Waals surface area contributed by atoms with Crippen LogP contribution in [-0.4, -0.2) is 21.1 Å². The summed E-state index contributed by atoms with van der Waals surface area (Å²) in [4.78, 5) is 15.9. The van der Waals surface area contributed by atoms with Crippen LogP contribution in [0.4, 0.5) is 5.69 Å². The molecule has 5 nitrogen and oxygen atoms in total. The minimum absolute atomic E-state index is 0.103. The number of aromatic hydroxyl groups is 1. The van der Waals surface area contributed by atoms with E-state index in [0.717, 1.165) is 0 Å². The monoisotopic (exact) mass is 258 g/mol. The first-order valence-corrected chi connectivity index (χ1v) is 5.78. The van der Waals surface area contributed by atoms with E-state index in [1.807, 2.05) is 6.07 Å². The van der Waals surface area contributed by atoms with Crippen molar-refractivity contribution in [3.63, 3.8) is 0 Å². The maximum absolute atomic E-state index is 12.0. The zero-order valence-electron chi connectivity index (χ0n) is 10.4. The van der Waals surface area contributed by atoms with E-state index in [2.05, 4.69) is 10.3 Å². The number of hydrogen-bond acceptors (Lipinski definition) is 4. The largest absolute Gasteiger partial charge is 0.506 e. The predicted octanol–water partition coefficient (Wildman–Crippen LogP) is 1.84. The van der Waals surface area contributed by atoms with Crippen molar-refractivity contribution >= 4 is 11.6 Å². The number of rotatable bonds is 3. The Bertz CT molecular complexity index is 597. The molecule has 1 amide bonds. The first kappa shape index (κ1) is 13.0. The first-order chi connectivity index (χ1) is 9.13. The molecule has 0 saturated heterocycles. The van der Waals surface area contributed by atoms with Crippen molar-refractivity contribution in [2.75, 3.05) is 5.32 Å². The zero-order valence-corrected chi connectivity index (χ0v) is 10.4. The summed E-state index contributed by atoms with van der Waals surface area (Å²) in [5, 5.41) is 21.7. The Balaban J connectivity index is 2.29. The Labute approximate surface area is 110 Å². The quantitative estimate of drug-likeness (QED) is 0.784. The molecule has 0 aliphatic rings. The molecular formula is C14H14N2O3. The highest BCUT2D eigenvalue weighted by atomic mass is 16.3. The van der Waals surface area contributed by atoms with Crippen LogP contribution in [0.15, 0.2) is 36.5 Å². The standard InChI is InChI=1S/C14H14N2O3/c1-9-13(18)11(8-17)12(7-15-9)16-14(19)10-5-3-2-4-6-10/h2-7,17-18H,8H2,1H3,(H,16,19). The van der Waals surface area contributed by atoms with Gasteiger partial charge in [0.25, 0.3) is 5.91 Å². The van der Waals surface area contributed by atoms with Gasteiger partial charge >= 0.3 is 0 Å². The van der Waals surface area contributed by atoms with Gasteiger partial charge in [-0.15, -0.1) is 0 Å². The zero-order chi connectivity index (χ0) is 13.8. The van der Waals surface area contributed by atoms with Gasteiger partial charge in [0.2, 0.25) is 0 Å². The van der Waals surface area contributed by atoms with E-state index >= 15 is 0 Å². The Morgan fingerprint density at radius 2 is 2.00 bits per heavy atom. The molecule has 1 aromatic carbocycles. The normalized spacial score (nSPS) is 10.2. The Morgan fingerprint density at radius 1 is 1.32 bits per heavy atom. The fourth-order valence-electron chi connectivity index (χ4n) is 1.70. The highest BCUT2D eigenvalue weighted by Crippen LogP contribution is 2.27. The minimum Gasteiger partial charge on any atom is -0.506 e. The summed E-state index contributed by atoms with van der Waals surface area (Å²) in [5.74, 6) is -0.422. The summed E-state index contributed by atoms with van der Waals surface area (Å²) in [6, 6.07) is 8.68. The third kappa shape index (κ3) is 2.71. The summed E-state index contributed by atoms with van der Waals surface area (Å²) in [5.41, 5.74) is 1.46. The third-order valence-corrected chi connectivity index (χ3v) is 2.78. The van der Waals surface area contributed by atoms with Crippen molar-refractivity contribution in [3.05, 3.63) is 53.3 Å². The Kier molecular flexibility index (Phi) is 3.77. The van der Waals surface area contributed by atoms with Crippen LogP contribution in [0.5, 0.6) is 5.75 Å². The number of benzene rings is 1. The van der Waals surface area contributed by atoms with Gasteiger partial charge in [-0.1, -0.05) is 18.2 Å². The number of aromatic nitrogens is 1. The topological polar surface area (TPSA) is 82.5 Å². The number of amides is 1. The summed E-state index contributed by atoms with van der Waals surface area (Å²) < 4.78 is 0. The van der Waals surface area contributed by atoms with Crippen LogP contribution < -0.4 is 5.32 Å². The van der Waals surface area contributed by atoms with E-state index in [1.165, 1.54) is 6.20 Å². The number of carbonyl (C=O) groups is 1. The second-order valence-corrected chi connectivity index (χ2v) is 4.06. The smallest absolute Gasteiger partial charge is 0.255 e. The lowest BCUT2D eigenvalue weighted by Gasteiger charge is -2.12. The van der Waals surface area contributed by atoms with Crippen molar-refractivity contribution in [3.8, 4) is 5.75 Å². The average molecular weight is 258 g/mol. The highest BCUT2D eigenvalue weighted by molar-refractivity contribution is 6.04. The van der Waals surface area contributed by atoms with Crippen LogP contribution in [0, 0.1) is 6.92 Å². The number of nitrogens with one attached hydrogen (secondary N) is 1. The van der Waals surface area contributed by atoms with E-state index in [-0.39, 0.29) is 23.8 Å². The number of aliphatic hydroxyl groups is 1. The van der Waals surface area contributed by atoms with Crippen LogP contribution in [0.2, 0.25) is 0 Å². The van der Waals surface area contributed by atoms with Gasteiger partial charge in [-0.2, -0.15) is 0 Å². The molecule has 0 fully saturated rings. The maximum Gasteiger partial charge on any atom is 0.255 e. The molecule has 1 aromatic heterocycles. The molecule has 98 valence electrons. The molecule has 0 atom stereocenters. The minimum atomic E-state index is -0.375. The summed E-state index contributed by atoms with van der Waals surface area (Å²) in [7, 11) is 0. The number of aryl methyl sites for hydroxylation is 1. The van der Waals surface area contributed by atoms with Gasteiger partial charge in [0, 0.05) is 11.1 Å². The fraction of sp³-hybridized carbons (Fsp3) is 0.143. The van der Waals surface area contributed by atoms with E-state index in [0.29, 0.717) is 16.9 Å². The summed E-state index contributed by atoms with van der Waals surface area (Å²) in [6.45, 7) is 1.25. The summed E-state index contributed by atoms with van der Waals surface area (Å²) >= 11 is 0. The second-order valence-electron chi connectivity index (χ2n) is 4.06. The molecule has 0 bridgehead atoms. The van der Waals surface area contributed by atoms with Gasteiger partial charge in [-0.3, -0.25) is 9.78 Å². The average Bonchev–Trinajstić information content (AvgIpc) is 2.44. The molecule has 5 heteroatoms. The molecule has 0 unspecified atom stereocenters. The van der Waals surface area contributed by atoms with E-state index in [1.54, 1.807) is 31.2 Å². The number of hydrogen-bond donors (Lipinski definition) is 3. The SMILES string of the molecule is Cc1ncc(NC(=O)c2ccccc2)c(CO)c1O. The van der Waals surface area contributed by atoms with Crippen LogP contribution in [-0.2, 0) is 6.61 Å².